The summed E-state index contributed by atoms with van der Waals surface area (Å²) >= 11 is 0. The minimum absolute atomic E-state index is 0.0292. The van der Waals surface area contributed by atoms with Gasteiger partial charge in [0.1, 0.15) is 0 Å². The molecular formula is C62H57BN2. The van der Waals surface area contributed by atoms with E-state index in [1.54, 1.807) is 22.3 Å². The summed E-state index contributed by atoms with van der Waals surface area (Å²) < 4.78 is 0. The lowest BCUT2D eigenvalue weighted by atomic mass is 9.32. The van der Waals surface area contributed by atoms with Crippen molar-refractivity contribution in [3.8, 4) is 22.3 Å². The number of nitrogens with zero attached hydrogens (tertiary/aromatic N) is 2. The minimum atomic E-state index is -0.0317. The van der Waals surface area contributed by atoms with E-state index in [0.29, 0.717) is 11.8 Å². The molecule has 0 saturated heterocycles. The van der Waals surface area contributed by atoms with E-state index >= 15 is 0 Å². The SMILES string of the molecule is CC1(C)[C@H]2CC[C@]1(C)[C@@]1(C2)c2ccccc2-c2cc3c(cc21)N(c1ccccc1)c1cccc2c1B3c1c(ccc3c1-c1ccccc1[C@@]31C[C@H]3CC[C@]1(C)C3(C)C)N2c1ccccc1. The van der Waals surface area contributed by atoms with Gasteiger partial charge in [-0.2, -0.15) is 0 Å². The average Bonchev–Trinajstić information content (AvgIpc) is 4.02. The second kappa shape index (κ2) is 11.8. The predicted molar refractivity (Wildman–Crippen MR) is 271 cm³/mol. The molecule has 4 saturated carbocycles. The third-order valence-corrected chi connectivity index (χ3v) is 21.4. The van der Waals surface area contributed by atoms with Crippen LogP contribution < -0.4 is 26.2 Å². The maximum atomic E-state index is 2.75. The van der Waals surface area contributed by atoms with Gasteiger partial charge >= 0.3 is 0 Å². The standard InChI is InChI=1S/C62H57BN2/c1-57(2)38-30-32-59(57,5)61(36-38)46-25-16-14-23-43(46)54-47(61)28-29-52-56(54)63-49-34-44-42-22-13-15-24-45(42)62(37-39-31-33-60(62,6)58(39,3)4)48(44)35-53(49)65(41-20-11-8-12-21-41)51-27-17-26-50(55(51)63)64(52)40-18-9-7-10-19-40/h7-29,34-35,38-39H,30-33,36-37H2,1-6H3/t38-,39+,59-,60+,61+,62+/m1/s1. The van der Waals surface area contributed by atoms with Gasteiger partial charge in [-0.05, 0) is 181 Å². The van der Waals surface area contributed by atoms with E-state index < -0.39 is 0 Å². The molecule has 0 unspecified atom stereocenters. The molecule has 0 aromatic heterocycles. The van der Waals surface area contributed by atoms with Gasteiger partial charge < -0.3 is 9.80 Å². The predicted octanol–water partition coefficient (Wildman–Crippen LogP) is 14.0. The quantitative estimate of drug-likeness (QED) is 0.160. The third-order valence-electron chi connectivity index (χ3n) is 21.4. The second-order valence-corrected chi connectivity index (χ2v) is 23.3. The molecule has 0 amide bonds. The van der Waals surface area contributed by atoms with Gasteiger partial charge in [-0.1, -0.05) is 145 Å². The molecule has 7 aromatic carbocycles. The van der Waals surface area contributed by atoms with Gasteiger partial charge in [-0.15, -0.1) is 0 Å². The highest BCUT2D eigenvalue weighted by atomic mass is 15.2. The van der Waals surface area contributed by atoms with Gasteiger partial charge in [0.25, 0.3) is 6.71 Å². The van der Waals surface area contributed by atoms with Gasteiger partial charge in [-0.3, -0.25) is 0 Å². The molecule has 4 bridgehead atoms. The monoisotopic (exact) mass is 840 g/mol. The van der Waals surface area contributed by atoms with Crippen LogP contribution in [0.1, 0.15) is 102 Å². The number of benzene rings is 7. The maximum Gasteiger partial charge on any atom is 0.252 e. The fourth-order valence-electron chi connectivity index (χ4n) is 17.7. The van der Waals surface area contributed by atoms with Crippen LogP contribution in [-0.4, -0.2) is 6.71 Å². The first-order valence-corrected chi connectivity index (χ1v) is 24.9. The van der Waals surface area contributed by atoms with Crippen LogP contribution >= 0.6 is 0 Å². The number of anilines is 6. The van der Waals surface area contributed by atoms with E-state index in [-0.39, 0.29) is 39.2 Å². The molecule has 2 spiro atoms. The van der Waals surface area contributed by atoms with Crippen molar-refractivity contribution in [3.05, 3.63) is 174 Å². The zero-order chi connectivity index (χ0) is 43.6. The van der Waals surface area contributed by atoms with E-state index in [9.17, 15) is 0 Å². The van der Waals surface area contributed by atoms with Crippen molar-refractivity contribution in [1.82, 2.24) is 0 Å². The smallest absolute Gasteiger partial charge is 0.252 e. The summed E-state index contributed by atoms with van der Waals surface area (Å²) in [5.74, 6) is 1.41. The lowest BCUT2D eigenvalue weighted by Crippen LogP contribution is -2.62. The molecule has 65 heavy (non-hydrogen) atoms. The summed E-state index contributed by atoms with van der Waals surface area (Å²) in [7, 11) is 0. The molecule has 8 aliphatic rings. The molecule has 0 N–H and O–H groups in total. The molecule has 4 fully saturated rings. The van der Waals surface area contributed by atoms with Crippen LogP contribution in [0.25, 0.3) is 22.3 Å². The highest BCUT2D eigenvalue weighted by molar-refractivity contribution is 7.01. The van der Waals surface area contributed by atoms with Gasteiger partial charge in [0.2, 0.25) is 0 Å². The van der Waals surface area contributed by atoms with Gasteiger partial charge in [0.15, 0.2) is 0 Å². The highest BCUT2D eigenvalue weighted by Gasteiger charge is 2.73. The summed E-state index contributed by atoms with van der Waals surface area (Å²) in [6.45, 7) is 15.8. The van der Waals surface area contributed by atoms with Gasteiger partial charge in [0, 0.05) is 45.0 Å². The molecule has 3 heteroatoms. The van der Waals surface area contributed by atoms with Crippen molar-refractivity contribution < 1.29 is 0 Å². The summed E-state index contributed by atoms with van der Waals surface area (Å²) in [5.41, 5.74) is 25.0. The Bertz CT molecular complexity index is 3260. The van der Waals surface area contributed by atoms with E-state index in [2.05, 4.69) is 203 Å². The topological polar surface area (TPSA) is 6.48 Å². The molecule has 15 rings (SSSR count). The molecule has 7 aromatic rings. The molecule has 2 aliphatic heterocycles. The van der Waals surface area contributed by atoms with Gasteiger partial charge in [-0.25, -0.2) is 0 Å². The van der Waals surface area contributed by atoms with Crippen LogP contribution in [-0.2, 0) is 10.8 Å². The Morgan fingerprint density at radius 3 is 1.51 bits per heavy atom. The van der Waals surface area contributed by atoms with Crippen molar-refractivity contribution in [3.63, 3.8) is 0 Å². The van der Waals surface area contributed by atoms with Crippen molar-refractivity contribution in [2.45, 2.75) is 90.9 Å². The molecule has 6 atom stereocenters. The van der Waals surface area contributed by atoms with Crippen LogP contribution in [0.4, 0.5) is 34.1 Å². The first kappa shape index (κ1) is 37.4. The Kier molecular flexibility index (Phi) is 6.78. The van der Waals surface area contributed by atoms with Crippen molar-refractivity contribution in [2.24, 2.45) is 33.5 Å². The van der Waals surface area contributed by atoms with Gasteiger partial charge in [0.05, 0.1) is 0 Å². The highest BCUT2D eigenvalue weighted by Crippen LogP contribution is 2.79. The van der Waals surface area contributed by atoms with E-state index in [4.69, 9.17) is 0 Å². The summed E-state index contributed by atoms with van der Waals surface area (Å²) in [5, 5.41) is 0. The fraction of sp³-hybridized carbons (Fsp3) is 0.323. The maximum absolute atomic E-state index is 2.75. The Balaban J connectivity index is 1.09. The van der Waals surface area contributed by atoms with E-state index in [1.807, 2.05) is 0 Å². The van der Waals surface area contributed by atoms with Crippen LogP contribution in [0.5, 0.6) is 0 Å². The summed E-state index contributed by atoms with van der Waals surface area (Å²) in [6.07, 6.45) is 7.69. The fourth-order valence-corrected chi connectivity index (χ4v) is 17.7. The number of fused-ring (bicyclic) bond motifs is 21. The summed E-state index contributed by atoms with van der Waals surface area (Å²) in [6, 6.07) is 59.7. The number of para-hydroxylation sites is 2. The normalized spacial score (nSPS) is 30.0. The zero-order valence-electron chi connectivity index (χ0n) is 38.8. The number of rotatable bonds is 2. The number of hydrogen-bond acceptors (Lipinski definition) is 2. The van der Waals surface area contributed by atoms with Crippen molar-refractivity contribution in [1.29, 1.82) is 0 Å². The first-order chi connectivity index (χ1) is 31.5. The van der Waals surface area contributed by atoms with Crippen molar-refractivity contribution >= 4 is 57.2 Å². The minimum Gasteiger partial charge on any atom is -0.311 e. The Morgan fingerprint density at radius 2 is 0.938 bits per heavy atom. The Morgan fingerprint density at radius 1 is 0.431 bits per heavy atom. The molecule has 2 nitrogen and oxygen atoms in total. The van der Waals surface area contributed by atoms with Crippen LogP contribution in [0.3, 0.4) is 0 Å². The molecule has 2 heterocycles. The second-order valence-electron chi connectivity index (χ2n) is 23.3. The largest absolute Gasteiger partial charge is 0.311 e. The molecule has 0 radical (unpaired) electrons. The lowest BCUT2D eigenvalue weighted by Gasteiger charge is -2.49. The summed E-state index contributed by atoms with van der Waals surface area (Å²) in [4.78, 5) is 5.28. The third kappa shape index (κ3) is 3.90. The van der Waals surface area contributed by atoms with Crippen LogP contribution in [0, 0.1) is 33.5 Å². The number of hydrogen-bond donors (Lipinski definition) is 0. The average molecular weight is 841 g/mol. The van der Waals surface area contributed by atoms with Crippen LogP contribution in [0.15, 0.2) is 152 Å². The van der Waals surface area contributed by atoms with Crippen LogP contribution in [0.2, 0.25) is 0 Å². The Hall–Kier alpha value is -5.80. The molecule has 6 aliphatic carbocycles. The Labute approximate surface area is 385 Å². The zero-order valence-corrected chi connectivity index (χ0v) is 38.8. The van der Waals surface area contributed by atoms with E-state index in [0.717, 1.165) is 0 Å². The lowest BCUT2D eigenvalue weighted by molar-refractivity contribution is 0.0990. The van der Waals surface area contributed by atoms with Crippen molar-refractivity contribution in [2.75, 3.05) is 9.80 Å². The molecule has 318 valence electrons. The molecular weight excluding hydrogens is 784 g/mol. The van der Waals surface area contributed by atoms with E-state index in [1.165, 1.54) is 111 Å². The first-order valence-electron chi connectivity index (χ1n) is 24.9.